The first-order valence-electron chi connectivity index (χ1n) is 3.52. The van der Waals surface area contributed by atoms with Crippen molar-refractivity contribution in [1.82, 2.24) is 10.2 Å². The molecule has 0 radical (unpaired) electrons. The standard InChI is InChI=1S/C8H14N2/c1-6-7(5-9-10-6)8(2,3)4/h5H,1-4H3,(H,9,10). The van der Waals surface area contributed by atoms with Crippen molar-refractivity contribution in [1.29, 1.82) is 0 Å². The largest absolute Gasteiger partial charge is 0.283 e. The highest BCUT2D eigenvalue weighted by Gasteiger charge is 2.16. The molecule has 0 saturated carbocycles. The van der Waals surface area contributed by atoms with Crippen molar-refractivity contribution in [3.05, 3.63) is 17.5 Å². The molecule has 2 nitrogen and oxygen atoms in total. The zero-order chi connectivity index (χ0) is 7.78. The van der Waals surface area contributed by atoms with E-state index in [1.54, 1.807) is 0 Å². The van der Waals surface area contributed by atoms with Crippen LogP contribution >= 0.6 is 0 Å². The number of aromatic amines is 1. The van der Waals surface area contributed by atoms with Crippen LogP contribution in [0, 0.1) is 6.92 Å². The number of aromatic nitrogens is 2. The molecule has 0 saturated heterocycles. The molecule has 1 aromatic heterocycles. The summed E-state index contributed by atoms with van der Waals surface area (Å²) < 4.78 is 0. The Balaban J connectivity index is 3.05. The van der Waals surface area contributed by atoms with Crippen LogP contribution in [-0.2, 0) is 5.41 Å². The van der Waals surface area contributed by atoms with Gasteiger partial charge in [0.1, 0.15) is 0 Å². The molecule has 0 aliphatic carbocycles. The summed E-state index contributed by atoms with van der Waals surface area (Å²) in [5, 5.41) is 6.89. The van der Waals surface area contributed by atoms with E-state index >= 15 is 0 Å². The van der Waals surface area contributed by atoms with Crippen LogP contribution in [0.15, 0.2) is 6.20 Å². The molecule has 0 amide bonds. The molecule has 56 valence electrons. The number of hydrogen-bond acceptors (Lipinski definition) is 1. The first-order chi connectivity index (χ1) is 4.52. The molecular formula is C8H14N2. The van der Waals surface area contributed by atoms with Crippen LogP contribution < -0.4 is 0 Å². The molecule has 0 bridgehead atoms. The van der Waals surface area contributed by atoms with E-state index < -0.39 is 0 Å². The van der Waals surface area contributed by atoms with Crippen LogP contribution in [0.1, 0.15) is 32.0 Å². The molecule has 0 aliphatic heterocycles. The second kappa shape index (κ2) is 2.11. The van der Waals surface area contributed by atoms with Crippen molar-refractivity contribution in [3.63, 3.8) is 0 Å². The van der Waals surface area contributed by atoms with Gasteiger partial charge in [0.2, 0.25) is 0 Å². The molecule has 0 spiro atoms. The highest BCUT2D eigenvalue weighted by molar-refractivity contribution is 5.22. The van der Waals surface area contributed by atoms with Gasteiger partial charge in [-0.05, 0) is 17.9 Å². The number of H-pyrrole nitrogens is 1. The lowest BCUT2D eigenvalue weighted by Crippen LogP contribution is -2.11. The van der Waals surface area contributed by atoms with Crippen LogP contribution in [0.25, 0.3) is 0 Å². The summed E-state index contributed by atoms with van der Waals surface area (Å²) in [7, 11) is 0. The maximum absolute atomic E-state index is 3.96. The van der Waals surface area contributed by atoms with Crippen LogP contribution in [0.3, 0.4) is 0 Å². The number of aryl methyl sites for hydroxylation is 1. The molecule has 1 heterocycles. The molecule has 0 aliphatic rings. The third-order valence-electron chi connectivity index (χ3n) is 1.64. The van der Waals surface area contributed by atoms with Crippen molar-refractivity contribution in [2.45, 2.75) is 33.1 Å². The zero-order valence-electron chi connectivity index (χ0n) is 7.02. The molecule has 0 atom stereocenters. The highest BCUT2D eigenvalue weighted by Crippen LogP contribution is 2.22. The lowest BCUT2D eigenvalue weighted by Gasteiger charge is -2.16. The maximum Gasteiger partial charge on any atom is 0.0527 e. The molecule has 1 aromatic rings. The van der Waals surface area contributed by atoms with Crippen LogP contribution in [0.4, 0.5) is 0 Å². The summed E-state index contributed by atoms with van der Waals surface area (Å²) >= 11 is 0. The second-order valence-corrected chi connectivity index (χ2v) is 3.66. The number of nitrogens with one attached hydrogen (secondary N) is 1. The fourth-order valence-corrected chi connectivity index (χ4v) is 1.11. The van der Waals surface area contributed by atoms with E-state index in [4.69, 9.17) is 0 Å². The predicted molar refractivity (Wildman–Crippen MR) is 42.0 cm³/mol. The third kappa shape index (κ3) is 1.20. The van der Waals surface area contributed by atoms with Gasteiger partial charge in [-0.25, -0.2) is 0 Å². The van der Waals surface area contributed by atoms with Gasteiger partial charge in [-0.15, -0.1) is 0 Å². The van der Waals surface area contributed by atoms with Crippen molar-refractivity contribution >= 4 is 0 Å². The average molecular weight is 138 g/mol. The molecule has 1 N–H and O–H groups in total. The molecule has 0 aromatic carbocycles. The Hall–Kier alpha value is -0.790. The monoisotopic (exact) mass is 138 g/mol. The van der Waals surface area contributed by atoms with E-state index in [1.165, 1.54) is 11.3 Å². The highest BCUT2D eigenvalue weighted by atomic mass is 15.1. The van der Waals surface area contributed by atoms with Crippen molar-refractivity contribution in [2.24, 2.45) is 0 Å². The lowest BCUT2D eigenvalue weighted by atomic mass is 9.88. The number of rotatable bonds is 0. The van der Waals surface area contributed by atoms with Crippen molar-refractivity contribution < 1.29 is 0 Å². The van der Waals surface area contributed by atoms with Gasteiger partial charge in [-0.3, -0.25) is 5.10 Å². The Bertz CT molecular complexity index is 217. The fraction of sp³-hybridized carbons (Fsp3) is 0.625. The molecule has 2 heteroatoms. The number of nitrogens with zero attached hydrogens (tertiary/aromatic N) is 1. The topological polar surface area (TPSA) is 28.7 Å². The van der Waals surface area contributed by atoms with Gasteiger partial charge in [0, 0.05) is 5.69 Å². The lowest BCUT2D eigenvalue weighted by molar-refractivity contribution is 0.586. The summed E-state index contributed by atoms with van der Waals surface area (Å²) in [5.74, 6) is 0. The van der Waals surface area contributed by atoms with Gasteiger partial charge in [-0.1, -0.05) is 20.8 Å². The van der Waals surface area contributed by atoms with Gasteiger partial charge in [0.05, 0.1) is 6.20 Å². The Morgan fingerprint density at radius 2 is 2.00 bits per heavy atom. The molecule has 0 unspecified atom stereocenters. The quantitative estimate of drug-likeness (QED) is 0.583. The summed E-state index contributed by atoms with van der Waals surface area (Å²) in [5.41, 5.74) is 2.69. The Morgan fingerprint density at radius 1 is 1.40 bits per heavy atom. The Labute approximate surface area is 61.7 Å². The van der Waals surface area contributed by atoms with Gasteiger partial charge < -0.3 is 0 Å². The van der Waals surface area contributed by atoms with Gasteiger partial charge in [-0.2, -0.15) is 5.10 Å². The fourth-order valence-electron chi connectivity index (χ4n) is 1.11. The van der Waals surface area contributed by atoms with E-state index in [1.807, 2.05) is 13.1 Å². The number of hydrogen-bond donors (Lipinski definition) is 1. The maximum atomic E-state index is 3.96. The van der Waals surface area contributed by atoms with Crippen LogP contribution in [-0.4, -0.2) is 10.2 Å². The molecule has 10 heavy (non-hydrogen) atoms. The van der Waals surface area contributed by atoms with E-state index in [0.717, 1.165) is 0 Å². The Kier molecular flexibility index (Phi) is 1.55. The van der Waals surface area contributed by atoms with Crippen LogP contribution in [0.2, 0.25) is 0 Å². The first kappa shape index (κ1) is 7.32. The third-order valence-corrected chi connectivity index (χ3v) is 1.64. The van der Waals surface area contributed by atoms with Gasteiger partial charge in [0.25, 0.3) is 0 Å². The minimum atomic E-state index is 0.219. The van der Waals surface area contributed by atoms with Gasteiger partial charge in [0.15, 0.2) is 0 Å². The van der Waals surface area contributed by atoms with E-state index in [9.17, 15) is 0 Å². The Morgan fingerprint density at radius 3 is 2.20 bits per heavy atom. The SMILES string of the molecule is Cc1[nH]ncc1C(C)(C)C. The van der Waals surface area contributed by atoms with Crippen molar-refractivity contribution in [2.75, 3.05) is 0 Å². The van der Waals surface area contributed by atoms with Crippen LogP contribution in [0.5, 0.6) is 0 Å². The summed E-state index contributed by atoms with van der Waals surface area (Å²) in [6.45, 7) is 8.61. The average Bonchev–Trinajstić information content (AvgIpc) is 2.11. The molecule has 1 rings (SSSR count). The van der Waals surface area contributed by atoms with E-state index in [2.05, 4.69) is 31.0 Å². The smallest absolute Gasteiger partial charge is 0.0527 e. The minimum Gasteiger partial charge on any atom is -0.283 e. The van der Waals surface area contributed by atoms with E-state index in [0.29, 0.717) is 0 Å². The van der Waals surface area contributed by atoms with Crippen molar-refractivity contribution in [3.8, 4) is 0 Å². The molecular weight excluding hydrogens is 124 g/mol. The van der Waals surface area contributed by atoms with E-state index in [-0.39, 0.29) is 5.41 Å². The first-order valence-corrected chi connectivity index (χ1v) is 3.52. The minimum absolute atomic E-state index is 0.219. The normalized spacial score (nSPS) is 12.0. The van der Waals surface area contributed by atoms with Gasteiger partial charge >= 0.3 is 0 Å². The zero-order valence-corrected chi connectivity index (χ0v) is 7.02. The summed E-state index contributed by atoms with van der Waals surface area (Å²) in [4.78, 5) is 0. The molecule has 0 fully saturated rings. The summed E-state index contributed by atoms with van der Waals surface area (Å²) in [6.07, 6.45) is 1.90. The second-order valence-electron chi connectivity index (χ2n) is 3.66. The summed E-state index contributed by atoms with van der Waals surface area (Å²) in [6, 6.07) is 0. The predicted octanol–water partition coefficient (Wildman–Crippen LogP) is 2.02.